The Labute approximate surface area is 98.1 Å². The molecule has 0 bridgehead atoms. The lowest BCUT2D eigenvalue weighted by atomic mass is 10.1. The number of hydrogen-bond acceptors (Lipinski definition) is 3. The van der Waals surface area contributed by atoms with Crippen LogP contribution in [0.4, 0.5) is 4.39 Å². The molecule has 0 amide bonds. The minimum atomic E-state index is -1.00. The lowest BCUT2D eigenvalue weighted by Crippen LogP contribution is -2.09. The molecule has 0 saturated carbocycles. The van der Waals surface area contributed by atoms with Crippen molar-refractivity contribution in [3.8, 4) is 5.75 Å². The van der Waals surface area contributed by atoms with Gasteiger partial charge in [-0.05, 0) is 24.6 Å². The third-order valence-electron chi connectivity index (χ3n) is 1.96. The zero-order valence-electron chi connectivity index (χ0n) is 9.00. The predicted molar refractivity (Wildman–Crippen MR) is 58.2 cm³/mol. The van der Waals surface area contributed by atoms with E-state index in [1.165, 1.54) is 25.3 Å². The summed E-state index contributed by atoms with van der Waals surface area (Å²) >= 11 is 5.78. The zero-order valence-corrected chi connectivity index (χ0v) is 9.75. The van der Waals surface area contributed by atoms with Gasteiger partial charge in [-0.2, -0.15) is 0 Å². The molecule has 0 spiro atoms. The van der Waals surface area contributed by atoms with Crippen molar-refractivity contribution in [3.05, 3.63) is 29.6 Å². The minimum Gasteiger partial charge on any atom is -0.491 e. The zero-order chi connectivity index (χ0) is 12.1. The summed E-state index contributed by atoms with van der Waals surface area (Å²) in [5.74, 6) is -1.03. The summed E-state index contributed by atoms with van der Waals surface area (Å²) in [4.78, 5) is 11.1. The fourth-order valence-electron chi connectivity index (χ4n) is 1.19. The molecule has 88 valence electrons. The Morgan fingerprint density at radius 1 is 1.56 bits per heavy atom. The van der Waals surface area contributed by atoms with Crippen molar-refractivity contribution in [1.29, 1.82) is 0 Å². The van der Waals surface area contributed by atoms with Crippen molar-refractivity contribution in [2.24, 2.45) is 0 Å². The quantitative estimate of drug-likeness (QED) is 0.605. The molecule has 1 atom stereocenters. The third-order valence-corrected chi connectivity index (χ3v) is 2.39. The van der Waals surface area contributed by atoms with Gasteiger partial charge in [0.1, 0.15) is 0 Å². The van der Waals surface area contributed by atoms with Gasteiger partial charge in [0.15, 0.2) is 16.9 Å². The molecule has 0 aliphatic rings. The van der Waals surface area contributed by atoms with E-state index in [0.717, 1.165) is 0 Å². The first-order chi connectivity index (χ1) is 7.60. The van der Waals surface area contributed by atoms with Crippen LogP contribution in [0.25, 0.3) is 0 Å². The molecule has 1 rings (SSSR count). The molecule has 0 radical (unpaired) electrons. The Kier molecular flexibility index (Phi) is 4.55. The second-order valence-electron chi connectivity index (χ2n) is 3.01. The van der Waals surface area contributed by atoms with Crippen LogP contribution < -0.4 is 4.74 Å². The van der Waals surface area contributed by atoms with Crippen LogP contribution in [0.5, 0.6) is 5.75 Å². The van der Waals surface area contributed by atoms with Crippen LogP contribution >= 0.6 is 11.6 Å². The number of carbonyl (C=O) groups excluding carboxylic acids is 1. The molecule has 3 nitrogen and oxygen atoms in total. The van der Waals surface area contributed by atoms with Crippen LogP contribution in [0, 0.1) is 5.82 Å². The maximum Gasteiger partial charge on any atom is 0.328 e. The van der Waals surface area contributed by atoms with Gasteiger partial charge in [0, 0.05) is 0 Å². The number of ether oxygens (including phenoxy) is 2. The molecule has 1 aromatic rings. The van der Waals surface area contributed by atoms with Crippen molar-refractivity contribution in [1.82, 2.24) is 0 Å². The van der Waals surface area contributed by atoms with Gasteiger partial charge in [0.05, 0.1) is 13.7 Å². The molecular formula is C11H12ClFO3. The minimum absolute atomic E-state index is 0.139. The number of alkyl halides is 1. The molecular weight excluding hydrogens is 235 g/mol. The Balaban J connectivity index is 2.92. The summed E-state index contributed by atoms with van der Waals surface area (Å²) in [5, 5.41) is -1.00. The van der Waals surface area contributed by atoms with Gasteiger partial charge < -0.3 is 9.47 Å². The van der Waals surface area contributed by atoms with Gasteiger partial charge in [-0.25, -0.2) is 4.39 Å². The number of rotatable bonds is 4. The summed E-state index contributed by atoms with van der Waals surface area (Å²) in [5.41, 5.74) is 0.342. The lowest BCUT2D eigenvalue weighted by molar-refractivity contribution is -0.140. The SMILES string of the molecule is CCOc1ccc(C(Cl)C(=O)OC)cc1F. The number of esters is 1. The van der Waals surface area contributed by atoms with Crippen LogP contribution in [0.3, 0.4) is 0 Å². The van der Waals surface area contributed by atoms with E-state index >= 15 is 0 Å². The van der Waals surface area contributed by atoms with E-state index in [4.69, 9.17) is 16.3 Å². The molecule has 0 aromatic heterocycles. The number of halogens is 2. The highest BCUT2D eigenvalue weighted by Gasteiger charge is 2.19. The van der Waals surface area contributed by atoms with Gasteiger partial charge >= 0.3 is 5.97 Å². The first kappa shape index (κ1) is 12.8. The van der Waals surface area contributed by atoms with E-state index in [1.54, 1.807) is 6.92 Å². The van der Waals surface area contributed by atoms with Gasteiger partial charge in [0.2, 0.25) is 0 Å². The topological polar surface area (TPSA) is 35.5 Å². The van der Waals surface area contributed by atoms with E-state index in [1.807, 2.05) is 0 Å². The summed E-state index contributed by atoms with van der Waals surface area (Å²) in [6.07, 6.45) is 0. The van der Waals surface area contributed by atoms with Crippen molar-refractivity contribution in [2.45, 2.75) is 12.3 Å². The normalized spacial score (nSPS) is 12.0. The van der Waals surface area contributed by atoms with Crippen LogP contribution in [0.15, 0.2) is 18.2 Å². The number of hydrogen-bond donors (Lipinski definition) is 0. The molecule has 0 saturated heterocycles. The van der Waals surface area contributed by atoms with Crippen LogP contribution in [0.2, 0.25) is 0 Å². The van der Waals surface area contributed by atoms with E-state index in [2.05, 4.69) is 4.74 Å². The van der Waals surface area contributed by atoms with Crippen molar-refractivity contribution in [2.75, 3.05) is 13.7 Å². The number of carbonyl (C=O) groups is 1. The van der Waals surface area contributed by atoms with Crippen LogP contribution in [0.1, 0.15) is 17.9 Å². The van der Waals surface area contributed by atoms with Crippen molar-refractivity contribution < 1.29 is 18.7 Å². The average Bonchev–Trinajstić information content (AvgIpc) is 2.30. The molecule has 0 aliphatic heterocycles. The Morgan fingerprint density at radius 3 is 2.75 bits per heavy atom. The van der Waals surface area contributed by atoms with E-state index < -0.39 is 17.2 Å². The van der Waals surface area contributed by atoms with Gasteiger partial charge in [-0.1, -0.05) is 6.07 Å². The number of methoxy groups -OCH3 is 1. The third kappa shape index (κ3) is 2.85. The largest absolute Gasteiger partial charge is 0.491 e. The van der Waals surface area contributed by atoms with Gasteiger partial charge in [-0.15, -0.1) is 11.6 Å². The molecule has 0 aliphatic carbocycles. The molecule has 16 heavy (non-hydrogen) atoms. The monoisotopic (exact) mass is 246 g/mol. The Bertz CT molecular complexity index is 381. The standard InChI is InChI=1S/C11H12ClFO3/c1-3-16-9-5-4-7(6-8(9)13)10(12)11(14)15-2/h4-6,10H,3H2,1-2H3. The molecule has 0 N–H and O–H groups in total. The average molecular weight is 247 g/mol. The Morgan fingerprint density at radius 2 is 2.25 bits per heavy atom. The van der Waals surface area contributed by atoms with Gasteiger partial charge in [0.25, 0.3) is 0 Å². The second kappa shape index (κ2) is 5.70. The van der Waals surface area contributed by atoms with Crippen molar-refractivity contribution in [3.63, 3.8) is 0 Å². The summed E-state index contributed by atoms with van der Waals surface area (Å²) in [6.45, 7) is 2.13. The highest BCUT2D eigenvalue weighted by molar-refractivity contribution is 6.29. The van der Waals surface area contributed by atoms with E-state index in [-0.39, 0.29) is 5.75 Å². The first-order valence-electron chi connectivity index (χ1n) is 4.74. The van der Waals surface area contributed by atoms with Crippen LogP contribution in [-0.4, -0.2) is 19.7 Å². The first-order valence-corrected chi connectivity index (χ1v) is 5.18. The smallest absolute Gasteiger partial charge is 0.328 e. The lowest BCUT2D eigenvalue weighted by Gasteiger charge is -2.09. The highest BCUT2D eigenvalue weighted by Crippen LogP contribution is 2.26. The fourth-order valence-corrected chi connectivity index (χ4v) is 1.41. The fraction of sp³-hybridized carbons (Fsp3) is 0.364. The second-order valence-corrected chi connectivity index (χ2v) is 3.45. The maximum atomic E-state index is 13.4. The summed E-state index contributed by atoms with van der Waals surface area (Å²) in [6, 6.07) is 4.13. The number of benzene rings is 1. The van der Waals surface area contributed by atoms with Crippen molar-refractivity contribution >= 4 is 17.6 Å². The van der Waals surface area contributed by atoms with Crippen LogP contribution in [-0.2, 0) is 9.53 Å². The highest BCUT2D eigenvalue weighted by atomic mass is 35.5. The summed E-state index contributed by atoms with van der Waals surface area (Å²) < 4.78 is 22.9. The molecule has 0 fully saturated rings. The molecule has 1 aromatic carbocycles. The van der Waals surface area contributed by atoms with Gasteiger partial charge in [-0.3, -0.25) is 4.79 Å². The Hall–Kier alpha value is -1.29. The molecule has 1 unspecified atom stereocenters. The summed E-state index contributed by atoms with van der Waals surface area (Å²) in [7, 11) is 1.22. The van der Waals surface area contributed by atoms with E-state index in [0.29, 0.717) is 12.2 Å². The maximum absolute atomic E-state index is 13.4. The molecule has 0 heterocycles. The molecule has 5 heteroatoms. The predicted octanol–water partition coefficient (Wildman–Crippen LogP) is 2.68. The van der Waals surface area contributed by atoms with E-state index in [9.17, 15) is 9.18 Å².